The quantitative estimate of drug-likeness (QED) is 0.778. The molecule has 0 aliphatic rings. The minimum absolute atomic E-state index is 0.256. The van der Waals surface area contributed by atoms with E-state index in [1.165, 1.54) is 6.92 Å². The van der Waals surface area contributed by atoms with Gasteiger partial charge in [-0.3, -0.25) is 20.4 Å². The van der Waals surface area contributed by atoms with E-state index in [0.717, 1.165) is 16.6 Å². The molecule has 0 fully saturated rings. The smallest absolute Gasteiger partial charge is 0.279 e. The number of benzene rings is 2. The highest BCUT2D eigenvalue weighted by Crippen LogP contribution is 2.18. The first-order valence-electron chi connectivity index (χ1n) is 6.83. The molecule has 2 N–H and O–H groups in total. The Hall–Kier alpha value is -2.48. The summed E-state index contributed by atoms with van der Waals surface area (Å²) in [5.74, 6) is -2.79. The third kappa shape index (κ3) is 5.02. The molecule has 0 aliphatic carbocycles. The van der Waals surface area contributed by atoms with Crippen LogP contribution >= 0.6 is 15.9 Å². The van der Waals surface area contributed by atoms with Gasteiger partial charge in [-0.25, -0.2) is 8.78 Å². The molecule has 0 unspecified atom stereocenters. The zero-order valence-electron chi connectivity index (χ0n) is 12.5. The van der Waals surface area contributed by atoms with Crippen molar-refractivity contribution >= 4 is 27.7 Å². The fourth-order valence-electron chi connectivity index (χ4n) is 1.78. The summed E-state index contributed by atoms with van der Waals surface area (Å²) in [7, 11) is 0. The van der Waals surface area contributed by atoms with Crippen molar-refractivity contribution in [3.63, 3.8) is 0 Å². The highest BCUT2D eigenvalue weighted by Gasteiger charge is 2.16. The molecule has 0 aliphatic heterocycles. The molecule has 2 aromatic rings. The number of amides is 2. The minimum atomic E-state index is -0.899. The Bertz CT molecular complexity index is 750. The van der Waals surface area contributed by atoms with Gasteiger partial charge in [0.15, 0.2) is 6.10 Å². The second-order valence-corrected chi connectivity index (χ2v) is 5.73. The van der Waals surface area contributed by atoms with Crippen LogP contribution in [0.4, 0.5) is 8.78 Å². The largest absolute Gasteiger partial charge is 0.481 e. The zero-order chi connectivity index (χ0) is 17.7. The first-order valence-corrected chi connectivity index (χ1v) is 7.63. The SMILES string of the molecule is C[C@H](Oc1cccc(Br)c1)C(=O)NNC(=O)c1cc(F)cc(F)c1. The Morgan fingerprint density at radius 2 is 1.75 bits per heavy atom. The van der Waals surface area contributed by atoms with Gasteiger partial charge >= 0.3 is 0 Å². The molecule has 2 aromatic carbocycles. The monoisotopic (exact) mass is 398 g/mol. The van der Waals surface area contributed by atoms with Crippen molar-refractivity contribution in [2.75, 3.05) is 0 Å². The molecule has 126 valence electrons. The van der Waals surface area contributed by atoms with Gasteiger partial charge in [0.1, 0.15) is 17.4 Å². The second-order valence-electron chi connectivity index (χ2n) is 4.82. The number of nitrogens with one attached hydrogen (secondary N) is 2. The number of hydrogen-bond donors (Lipinski definition) is 2. The van der Waals surface area contributed by atoms with Crippen LogP contribution < -0.4 is 15.6 Å². The van der Waals surface area contributed by atoms with Gasteiger partial charge in [-0.2, -0.15) is 0 Å². The van der Waals surface area contributed by atoms with Gasteiger partial charge in [0, 0.05) is 16.1 Å². The predicted octanol–water partition coefficient (Wildman–Crippen LogP) is 2.96. The summed E-state index contributed by atoms with van der Waals surface area (Å²) in [4.78, 5) is 23.7. The van der Waals surface area contributed by atoms with Crippen molar-refractivity contribution < 1.29 is 23.1 Å². The number of halogens is 3. The van der Waals surface area contributed by atoms with Gasteiger partial charge in [0.2, 0.25) is 0 Å². The molecule has 5 nitrogen and oxygen atoms in total. The maximum Gasteiger partial charge on any atom is 0.279 e. The summed E-state index contributed by atoms with van der Waals surface area (Å²) < 4.78 is 32.3. The van der Waals surface area contributed by atoms with Crippen molar-refractivity contribution in [2.45, 2.75) is 13.0 Å². The van der Waals surface area contributed by atoms with Crippen LogP contribution in [0.5, 0.6) is 5.75 Å². The summed E-state index contributed by atoms with van der Waals surface area (Å²) in [6.45, 7) is 1.49. The van der Waals surface area contributed by atoms with Gasteiger partial charge in [-0.1, -0.05) is 22.0 Å². The highest BCUT2D eigenvalue weighted by atomic mass is 79.9. The molecular weight excluding hydrogens is 386 g/mol. The predicted molar refractivity (Wildman–Crippen MR) is 86.2 cm³/mol. The molecule has 0 bridgehead atoms. The van der Waals surface area contributed by atoms with Crippen LogP contribution in [-0.2, 0) is 4.79 Å². The van der Waals surface area contributed by atoms with Gasteiger partial charge < -0.3 is 4.74 Å². The molecule has 0 heterocycles. The van der Waals surface area contributed by atoms with Crippen LogP contribution in [0.3, 0.4) is 0 Å². The van der Waals surface area contributed by atoms with Gasteiger partial charge in [-0.15, -0.1) is 0 Å². The third-order valence-corrected chi connectivity index (χ3v) is 3.40. The van der Waals surface area contributed by atoms with E-state index >= 15 is 0 Å². The molecule has 2 amide bonds. The average Bonchev–Trinajstić information content (AvgIpc) is 2.51. The van der Waals surface area contributed by atoms with Crippen LogP contribution in [0.2, 0.25) is 0 Å². The highest BCUT2D eigenvalue weighted by molar-refractivity contribution is 9.10. The lowest BCUT2D eigenvalue weighted by Gasteiger charge is -2.15. The Balaban J connectivity index is 1.91. The standard InChI is InChI=1S/C16H13BrF2N2O3/c1-9(24-14-4-2-3-11(17)7-14)15(22)20-21-16(23)10-5-12(18)8-13(19)6-10/h2-9H,1H3,(H,20,22)(H,21,23)/t9-/m0/s1. The average molecular weight is 399 g/mol. The van der Waals surface area contributed by atoms with E-state index in [1.807, 2.05) is 0 Å². The first-order chi connectivity index (χ1) is 11.3. The molecular formula is C16H13BrF2N2O3. The molecule has 0 aromatic heterocycles. The fourth-order valence-corrected chi connectivity index (χ4v) is 2.15. The van der Waals surface area contributed by atoms with Gasteiger partial charge in [0.25, 0.3) is 11.8 Å². The van der Waals surface area contributed by atoms with Crippen molar-refractivity contribution in [3.8, 4) is 5.75 Å². The lowest BCUT2D eigenvalue weighted by Crippen LogP contribution is -2.47. The van der Waals surface area contributed by atoms with E-state index in [-0.39, 0.29) is 5.56 Å². The topological polar surface area (TPSA) is 67.4 Å². The van der Waals surface area contributed by atoms with E-state index < -0.39 is 29.6 Å². The fraction of sp³-hybridized carbons (Fsp3) is 0.125. The Morgan fingerprint density at radius 3 is 2.38 bits per heavy atom. The van der Waals surface area contributed by atoms with Gasteiger partial charge in [-0.05, 0) is 37.3 Å². The van der Waals surface area contributed by atoms with E-state index in [9.17, 15) is 18.4 Å². The van der Waals surface area contributed by atoms with Gasteiger partial charge in [0.05, 0.1) is 0 Å². The van der Waals surface area contributed by atoms with Crippen LogP contribution in [0.15, 0.2) is 46.9 Å². The molecule has 2 rings (SSSR count). The molecule has 0 saturated heterocycles. The zero-order valence-corrected chi connectivity index (χ0v) is 14.1. The van der Waals surface area contributed by atoms with Crippen molar-refractivity contribution in [1.29, 1.82) is 0 Å². The van der Waals surface area contributed by atoms with Crippen molar-refractivity contribution in [3.05, 3.63) is 64.1 Å². The second kappa shape index (κ2) is 7.87. The lowest BCUT2D eigenvalue weighted by molar-refractivity contribution is -0.128. The Morgan fingerprint density at radius 1 is 1.08 bits per heavy atom. The Kier molecular flexibility index (Phi) is 5.86. The van der Waals surface area contributed by atoms with Crippen LogP contribution in [0.25, 0.3) is 0 Å². The number of carbonyl (C=O) groups excluding carboxylic acids is 2. The number of carbonyl (C=O) groups is 2. The lowest BCUT2D eigenvalue weighted by atomic mass is 10.2. The molecule has 0 radical (unpaired) electrons. The van der Waals surface area contributed by atoms with Crippen LogP contribution in [-0.4, -0.2) is 17.9 Å². The number of ether oxygens (including phenoxy) is 1. The summed E-state index contributed by atoms with van der Waals surface area (Å²) in [6.07, 6.45) is -0.899. The number of hydrazine groups is 1. The molecule has 1 atom stereocenters. The molecule has 0 saturated carbocycles. The summed E-state index contributed by atoms with van der Waals surface area (Å²) in [6, 6.07) is 9.24. The molecule has 8 heteroatoms. The van der Waals surface area contributed by atoms with E-state index in [1.54, 1.807) is 24.3 Å². The minimum Gasteiger partial charge on any atom is -0.481 e. The summed E-state index contributed by atoms with van der Waals surface area (Å²) in [5, 5.41) is 0. The van der Waals surface area contributed by atoms with E-state index in [4.69, 9.17) is 4.74 Å². The Labute approximate surface area is 145 Å². The summed E-state index contributed by atoms with van der Waals surface area (Å²) >= 11 is 3.28. The van der Waals surface area contributed by atoms with E-state index in [0.29, 0.717) is 11.8 Å². The molecule has 24 heavy (non-hydrogen) atoms. The van der Waals surface area contributed by atoms with Crippen LogP contribution in [0.1, 0.15) is 17.3 Å². The normalized spacial score (nSPS) is 11.5. The summed E-state index contributed by atoms with van der Waals surface area (Å²) in [5.41, 5.74) is 3.95. The third-order valence-electron chi connectivity index (χ3n) is 2.90. The maximum absolute atomic E-state index is 13.1. The molecule has 0 spiro atoms. The maximum atomic E-state index is 13.1. The first kappa shape index (κ1) is 17.9. The number of rotatable bonds is 4. The van der Waals surface area contributed by atoms with E-state index in [2.05, 4.69) is 26.8 Å². The number of hydrogen-bond acceptors (Lipinski definition) is 3. The van der Waals surface area contributed by atoms with Crippen LogP contribution in [0, 0.1) is 11.6 Å². The van der Waals surface area contributed by atoms with Crippen molar-refractivity contribution in [1.82, 2.24) is 10.9 Å². The van der Waals surface area contributed by atoms with Crippen molar-refractivity contribution in [2.24, 2.45) is 0 Å².